The van der Waals surface area contributed by atoms with Crippen LogP contribution in [0.25, 0.3) is 6.08 Å². The monoisotopic (exact) mass is 302 g/mol. The maximum absolute atomic E-state index is 13.6. The number of hydrogen-bond acceptors (Lipinski definition) is 2. The van der Waals surface area contributed by atoms with E-state index in [-0.39, 0.29) is 0 Å². The Hall–Kier alpha value is -2.07. The van der Waals surface area contributed by atoms with Crippen LogP contribution in [0.3, 0.4) is 0 Å². The van der Waals surface area contributed by atoms with E-state index in [0.29, 0.717) is 11.3 Å². The predicted octanol–water partition coefficient (Wildman–Crippen LogP) is 4.52. The lowest BCUT2D eigenvalue weighted by atomic mass is 10.1. The second-order valence-electron chi connectivity index (χ2n) is 4.63. The molecule has 0 heterocycles. The number of carbonyl (C=O) groups is 1. The second kappa shape index (κ2) is 7.09. The summed E-state index contributed by atoms with van der Waals surface area (Å²) < 4.78 is 13.6. The minimum atomic E-state index is -1.09. The molecule has 1 N–H and O–H groups in total. The van der Waals surface area contributed by atoms with E-state index in [1.54, 1.807) is 23.9 Å². The van der Waals surface area contributed by atoms with Crippen molar-refractivity contribution in [1.82, 2.24) is 0 Å². The number of aryl methyl sites for hydroxylation is 1. The average molecular weight is 302 g/mol. The largest absolute Gasteiger partial charge is 0.478 e. The molecule has 0 saturated carbocycles. The lowest BCUT2D eigenvalue weighted by molar-refractivity contribution is -0.131. The highest BCUT2D eigenvalue weighted by atomic mass is 32.2. The Morgan fingerprint density at radius 3 is 2.81 bits per heavy atom. The van der Waals surface area contributed by atoms with E-state index >= 15 is 0 Å². The summed E-state index contributed by atoms with van der Waals surface area (Å²) in [6.45, 7) is 2.04. The lowest BCUT2D eigenvalue weighted by Crippen LogP contribution is -1.90. The van der Waals surface area contributed by atoms with E-state index in [2.05, 4.69) is 6.07 Å². The van der Waals surface area contributed by atoms with E-state index in [4.69, 9.17) is 5.11 Å². The van der Waals surface area contributed by atoms with Crippen LogP contribution in [0.4, 0.5) is 4.39 Å². The molecule has 2 nitrogen and oxygen atoms in total. The summed E-state index contributed by atoms with van der Waals surface area (Å²) >= 11 is 1.66. The SMILES string of the molecule is Cc1cccc(SCc2ccc(F)c(C=CC(=O)O)c2)c1. The summed E-state index contributed by atoms with van der Waals surface area (Å²) in [7, 11) is 0. The van der Waals surface area contributed by atoms with Crippen molar-refractivity contribution in [2.75, 3.05) is 0 Å². The van der Waals surface area contributed by atoms with Gasteiger partial charge in [0, 0.05) is 22.3 Å². The van der Waals surface area contributed by atoms with Crippen molar-refractivity contribution < 1.29 is 14.3 Å². The number of thioether (sulfide) groups is 1. The lowest BCUT2D eigenvalue weighted by Gasteiger charge is -2.05. The van der Waals surface area contributed by atoms with Crippen LogP contribution in [0.2, 0.25) is 0 Å². The summed E-state index contributed by atoms with van der Waals surface area (Å²) in [5, 5.41) is 8.60. The first kappa shape index (κ1) is 15.3. The molecule has 0 aliphatic heterocycles. The summed E-state index contributed by atoms with van der Waals surface area (Å²) in [5.41, 5.74) is 2.44. The van der Waals surface area contributed by atoms with Gasteiger partial charge >= 0.3 is 5.97 Å². The fourth-order valence-corrected chi connectivity index (χ4v) is 2.80. The molecule has 0 saturated heterocycles. The van der Waals surface area contributed by atoms with Crippen LogP contribution in [0.5, 0.6) is 0 Å². The molecule has 2 aromatic rings. The Labute approximate surface area is 127 Å². The van der Waals surface area contributed by atoms with Crippen molar-refractivity contribution in [3.63, 3.8) is 0 Å². The number of carboxylic acid groups (broad SMARTS) is 1. The molecule has 2 aromatic carbocycles. The van der Waals surface area contributed by atoms with Crippen LogP contribution in [-0.2, 0) is 10.5 Å². The highest BCUT2D eigenvalue weighted by molar-refractivity contribution is 7.98. The Morgan fingerprint density at radius 1 is 1.29 bits per heavy atom. The van der Waals surface area contributed by atoms with Gasteiger partial charge in [0.1, 0.15) is 5.82 Å². The van der Waals surface area contributed by atoms with Crippen LogP contribution >= 0.6 is 11.8 Å². The molecule has 0 spiro atoms. The molecule has 0 atom stereocenters. The van der Waals surface area contributed by atoms with Gasteiger partial charge in [0.15, 0.2) is 0 Å². The molecule has 0 fully saturated rings. The zero-order valence-electron chi connectivity index (χ0n) is 11.5. The quantitative estimate of drug-likeness (QED) is 0.651. The van der Waals surface area contributed by atoms with Crippen LogP contribution < -0.4 is 0 Å². The van der Waals surface area contributed by atoms with Gasteiger partial charge in [0.05, 0.1) is 0 Å². The normalized spacial score (nSPS) is 11.0. The standard InChI is InChI=1S/C17H15FO2S/c1-12-3-2-4-15(9-12)21-11-13-5-7-16(18)14(10-13)6-8-17(19)20/h2-10H,11H2,1H3,(H,19,20). The minimum absolute atomic E-state index is 0.291. The Morgan fingerprint density at radius 2 is 2.10 bits per heavy atom. The molecule has 0 amide bonds. The summed E-state index contributed by atoms with van der Waals surface area (Å²) in [6.07, 6.45) is 2.22. The fourth-order valence-electron chi connectivity index (χ4n) is 1.84. The number of carboxylic acids is 1. The van der Waals surface area contributed by atoms with Gasteiger partial charge in [-0.2, -0.15) is 0 Å². The zero-order valence-corrected chi connectivity index (χ0v) is 12.4. The van der Waals surface area contributed by atoms with Crippen LogP contribution in [-0.4, -0.2) is 11.1 Å². The second-order valence-corrected chi connectivity index (χ2v) is 5.68. The van der Waals surface area contributed by atoms with Crippen molar-refractivity contribution in [2.24, 2.45) is 0 Å². The maximum Gasteiger partial charge on any atom is 0.328 e. The van der Waals surface area contributed by atoms with Crippen molar-refractivity contribution in [3.05, 3.63) is 71.0 Å². The van der Waals surface area contributed by atoms with Gasteiger partial charge in [0.25, 0.3) is 0 Å². The van der Waals surface area contributed by atoms with Crippen molar-refractivity contribution >= 4 is 23.8 Å². The summed E-state index contributed by atoms with van der Waals surface area (Å²) in [4.78, 5) is 11.7. The fraction of sp³-hybridized carbons (Fsp3) is 0.118. The first-order chi connectivity index (χ1) is 10.0. The highest BCUT2D eigenvalue weighted by Gasteiger charge is 2.03. The third kappa shape index (κ3) is 4.76. The summed E-state index contributed by atoms with van der Waals surface area (Å²) in [5.74, 6) is -0.803. The molecule has 0 bridgehead atoms. The van der Waals surface area contributed by atoms with Crippen LogP contribution in [0.15, 0.2) is 53.4 Å². The topological polar surface area (TPSA) is 37.3 Å². The van der Waals surface area contributed by atoms with E-state index in [9.17, 15) is 9.18 Å². The van der Waals surface area contributed by atoms with E-state index < -0.39 is 11.8 Å². The Balaban J connectivity index is 2.10. The minimum Gasteiger partial charge on any atom is -0.478 e. The average Bonchev–Trinajstić information content (AvgIpc) is 2.45. The summed E-state index contributed by atoms with van der Waals surface area (Å²) in [6, 6.07) is 12.9. The highest BCUT2D eigenvalue weighted by Crippen LogP contribution is 2.24. The first-order valence-electron chi connectivity index (χ1n) is 6.43. The van der Waals surface area contributed by atoms with E-state index in [0.717, 1.165) is 16.5 Å². The number of hydrogen-bond donors (Lipinski definition) is 1. The predicted molar refractivity (Wildman–Crippen MR) is 83.8 cm³/mol. The van der Waals surface area contributed by atoms with E-state index in [1.807, 2.05) is 25.1 Å². The van der Waals surface area contributed by atoms with Gasteiger partial charge < -0.3 is 5.11 Å². The zero-order chi connectivity index (χ0) is 15.2. The number of halogens is 1. The van der Waals surface area contributed by atoms with Gasteiger partial charge in [-0.15, -0.1) is 11.8 Å². The van der Waals surface area contributed by atoms with Crippen LogP contribution in [0, 0.1) is 12.7 Å². The van der Waals surface area contributed by atoms with Gasteiger partial charge in [-0.1, -0.05) is 23.8 Å². The molecular weight excluding hydrogens is 287 g/mol. The third-order valence-electron chi connectivity index (χ3n) is 2.86. The van der Waals surface area contributed by atoms with Gasteiger partial charge in [0.2, 0.25) is 0 Å². The molecule has 4 heteroatoms. The van der Waals surface area contributed by atoms with Crippen molar-refractivity contribution in [1.29, 1.82) is 0 Å². The maximum atomic E-state index is 13.6. The van der Waals surface area contributed by atoms with Gasteiger partial charge in [-0.25, -0.2) is 9.18 Å². The van der Waals surface area contributed by atoms with E-state index in [1.165, 1.54) is 17.7 Å². The number of rotatable bonds is 5. The molecule has 0 radical (unpaired) electrons. The molecule has 2 rings (SSSR count). The molecule has 0 aliphatic carbocycles. The first-order valence-corrected chi connectivity index (χ1v) is 7.42. The number of aliphatic carboxylic acids is 1. The van der Waals surface area contributed by atoms with Crippen molar-refractivity contribution in [2.45, 2.75) is 17.6 Å². The molecule has 108 valence electrons. The number of benzene rings is 2. The molecular formula is C17H15FO2S. The molecule has 0 aliphatic rings. The molecule has 0 aromatic heterocycles. The van der Waals surface area contributed by atoms with Crippen molar-refractivity contribution in [3.8, 4) is 0 Å². The third-order valence-corrected chi connectivity index (χ3v) is 3.93. The Bertz CT molecular complexity index is 680. The Kier molecular flexibility index (Phi) is 5.17. The van der Waals surface area contributed by atoms with Gasteiger partial charge in [-0.05, 0) is 42.8 Å². The molecule has 21 heavy (non-hydrogen) atoms. The molecule has 0 unspecified atom stereocenters. The van der Waals surface area contributed by atoms with Crippen LogP contribution in [0.1, 0.15) is 16.7 Å². The smallest absolute Gasteiger partial charge is 0.328 e. The van der Waals surface area contributed by atoms with Gasteiger partial charge in [-0.3, -0.25) is 0 Å².